The molecule has 3 N–H and O–H groups in total. The fraction of sp³-hybridized carbons (Fsp3) is 0.333. The number of benzene rings is 1. The summed E-state index contributed by atoms with van der Waals surface area (Å²) in [5.41, 5.74) is 2.52. The van der Waals surface area contributed by atoms with Crippen LogP contribution < -0.4 is 10.6 Å². The Bertz CT molecular complexity index is 603. The molecule has 0 atom stereocenters. The van der Waals surface area contributed by atoms with Crippen LogP contribution in [-0.2, 0) is 9.53 Å². The lowest BCUT2D eigenvalue weighted by Gasteiger charge is -2.38. The zero-order valence-corrected chi connectivity index (χ0v) is 11.8. The van der Waals surface area contributed by atoms with E-state index < -0.39 is 0 Å². The van der Waals surface area contributed by atoms with E-state index in [9.17, 15) is 4.79 Å². The Hall–Kier alpha value is -2.18. The van der Waals surface area contributed by atoms with Crippen LogP contribution in [-0.4, -0.2) is 41.4 Å². The lowest BCUT2D eigenvalue weighted by Crippen LogP contribution is -2.59. The second kappa shape index (κ2) is 5.67. The quantitative estimate of drug-likeness (QED) is 0.776. The lowest BCUT2D eigenvalue weighted by molar-refractivity contribution is -0.130. The highest BCUT2D eigenvalue weighted by Gasteiger charge is 2.32. The molecular formula is C15H18N4O2. The number of H-pyrrole nitrogens is 1. The van der Waals surface area contributed by atoms with Gasteiger partial charge in [0.05, 0.1) is 11.3 Å². The van der Waals surface area contributed by atoms with Crippen molar-refractivity contribution in [1.82, 2.24) is 15.5 Å². The van der Waals surface area contributed by atoms with Gasteiger partial charge in [0.1, 0.15) is 6.61 Å². The highest BCUT2D eigenvalue weighted by atomic mass is 16.5. The normalized spacial score (nSPS) is 16.2. The third-order valence-electron chi connectivity index (χ3n) is 3.53. The molecule has 6 heteroatoms. The van der Waals surface area contributed by atoms with Crippen molar-refractivity contribution in [2.75, 3.05) is 25.0 Å². The maximum absolute atomic E-state index is 11.8. The minimum Gasteiger partial charge on any atom is -0.363 e. The van der Waals surface area contributed by atoms with Gasteiger partial charge in [-0.05, 0) is 30.7 Å². The van der Waals surface area contributed by atoms with Crippen LogP contribution in [0.3, 0.4) is 0 Å². The lowest BCUT2D eigenvalue weighted by atomic mass is 10.0. The van der Waals surface area contributed by atoms with E-state index in [2.05, 4.69) is 20.8 Å². The Labute approximate surface area is 122 Å². The van der Waals surface area contributed by atoms with Crippen LogP contribution >= 0.6 is 0 Å². The summed E-state index contributed by atoms with van der Waals surface area (Å²) in [5.74, 6) is -0.141. The minimum absolute atomic E-state index is 0.0699. The molecule has 1 fully saturated rings. The number of aromatic nitrogens is 2. The van der Waals surface area contributed by atoms with Crippen molar-refractivity contribution in [3.63, 3.8) is 0 Å². The Morgan fingerprint density at radius 1 is 1.33 bits per heavy atom. The molecule has 110 valence electrons. The molecular weight excluding hydrogens is 268 g/mol. The number of aromatic amines is 1. The van der Waals surface area contributed by atoms with Crippen molar-refractivity contribution in [1.29, 1.82) is 0 Å². The molecule has 1 saturated heterocycles. The van der Waals surface area contributed by atoms with Gasteiger partial charge in [0.25, 0.3) is 0 Å². The van der Waals surface area contributed by atoms with Crippen LogP contribution in [0, 0.1) is 0 Å². The van der Waals surface area contributed by atoms with Gasteiger partial charge in [0.15, 0.2) is 0 Å². The van der Waals surface area contributed by atoms with Crippen LogP contribution in [0.15, 0.2) is 36.5 Å². The van der Waals surface area contributed by atoms with Gasteiger partial charge in [-0.15, -0.1) is 0 Å². The van der Waals surface area contributed by atoms with Gasteiger partial charge in [0, 0.05) is 25.0 Å². The molecule has 2 heterocycles. The first-order valence-corrected chi connectivity index (χ1v) is 6.89. The molecule has 1 amide bonds. The highest BCUT2D eigenvalue weighted by Crippen LogP contribution is 2.19. The molecule has 1 aliphatic rings. The van der Waals surface area contributed by atoms with Gasteiger partial charge in [-0.2, -0.15) is 5.10 Å². The van der Waals surface area contributed by atoms with E-state index in [-0.39, 0.29) is 18.1 Å². The first kappa shape index (κ1) is 13.8. The molecule has 1 aromatic carbocycles. The molecule has 0 aliphatic carbocycles. The summed E-state index contributed by atoms with van der Waals surface area (Å²) in [6, 6.07) is 9.48. The fourth-order valence-corrected chi connectivity index (χ4v) is 2.17. The molecule has 1 aliphatic heterocycles. The maximum atomic E-state index is 11.8. The number of anilines is 1. The molecule has 2 aromatic rings. The summed E-state index contributed by atoms with van der Waals surface area (Å²) >= 11 is 0. The van der Waals surface area contributed by atoms with Crippen molar-refractivity contribution in [2.45, 2.75) is 12.5 Å². The number of hydrogen-bond donors (Lipinski definition) is 3. The summed E-state index contributed by atoms with van der Waals surface area (Å²) in [7, 11) is 0. The first-order chi connectivity index (χ1) is 10.1. The fourth-order valence-electron chi connectivity index (χ4n) is 2.17. The van der Waals surface area contributed by atoms with Crippen LogP contribution in [0.2, 0.25) is 0 Å². The Morgan fingerprint density at radius 3 is 2.67 bits per heavy atom. The summed E-state index contributed by atoms with van der Waals surface area (Å²) in [6.07, 6.45) is 1.71. The van der Waals surface area contributed by atoms with E-state index in [0.717, 1.165) is 30.0 Å². The molecule has 0 bridgehead atoms. The summed E-state index contributed by atoms with van der Waals surface area (Å²) < 4.78 is 5.59. The van der Waals surface area contributed by atoms with Crippen molar-refractivity contribution in [3.8, 4) is 11.3 Å². The van der Waals surface area contributed by atoms with Crippen LogP contribution in [0.4, 0.5) is 5.69 Å². The molecule has 0 radical (unpaired) electrons. The van der Waals surface area contributed by atoms with E-state index in [1.807, 2.05) is 37.3 Å². The predicted octanol–water partition coefficient (Wildman–Crippen LogP) is 1.39. The molecule has 21 heavy (non-hydrogen) atoms. The molecule has 0 saturated carbocycles. The highest BCUT2D eigenvalue weighted by molar-refractivity contribution is 5.91. The summed E-state index contributed by atoms with van der Waals surface area (Å²) in [5, 5.41) is 12.8. The van der Waals surface area contributed by atoms with Gasteiger partial charge < -0.3 is 15.4 Å². The number of hydrogen-bond acceptors (Lipinski definition) is 4. The number of ether oxygens (including phenoxy) is 1. The number of nitrogens with one attached hydrogen (secondary N) is 3. The molecule has 3 rings (SSSR count). The third kappa shape index (κ3) is 3.29. The van der Waals surface area contributed by atoms with Gasteiger partial charge in [-0.3, -0.25) is 9.89 Å². The number of rotatable bonds is 5. The van der Waals surface area contributed by atoms with Crippen molar-refractivity contribution in [3.05, 3.63) is 36.5 Å². The average molecular weight is 286 g/mol. The Kier molecular flexibility index (Phi) is 3.72. The van der Waals surface area contributed by atoms with Crippen molar-refractivity contribution in [2.24, 2.45) is 0 Å². The number of carbonyl (C=O) groups is 1. The standard InChI is InChI=1S/C15H18N4O2/c1-15(9-16-10-15)21-8-14(20)18-12-4-2-11(3-5-12)13-6-7-17-19-13/h2-7,16H,8-10H2,1H3,(H,17,19)(H,18,20). The number of nitrogens with zero attached hydrogens (tertiary/aromatic N) is 1. The molecule has 0 spiro atoms. The number of amides is 1. The van der Waals surface area contributed by atoms with E-state index in [1.54, 1.807) is 6.20 Å². The van der Waals surface area contributed by atoms with Crippen LogP contribution in [0.25, 0.3) is 11.3 Å². The van der Waals surface area contributed by atoms with E-state index in [4.69, 9.17) is 4.74 Å². The number of carbonyl (C=O) groups excluding carboxylic acids is 1. The minimum atomic E-state index is -0.207. The second-order valence-corrected chi connectivity index (χ2v) is 5.44. The Morgan fingerprint density at radius 2 is 2.10 bits per heavy atom. The van der Waals surface area contributed by atoms with Gasteiger partial charge >= 0.3 is 0 Å². The summed E-state index contributed by atoms with van der Waals surface area (Å²) in [6.45, 7) is 3.65. The van der Waals surface area contributed by atoms with E-state index >= 15 is 0 Å². The summed E-state index contributed by atoms with van der Waals surface area (Å²) in [4.78, 5) is 11.8. The predicted molar refractivity (Wildman–Crippen MR) is 79.9 cm³/mol. The van der Waals surface area contributed by atoms with Gasteiger partial charge in [0.2, 0.25) is 5.91 Å². The van der Waals surface area contributed by atoms with Crippen molar-refractivity contribution < 1.29 is 9.53 Å². The third-order valence-corrected chi connectivity index (χ3v) is 3.53. The van der Waals surface area contributed by atoms with Crippen molar-refractivity contribution >= 4 is 11.6 Å². The Balaban J connectivity index is 1.54. The zero-order valence-electron chi connectivity index (χ0n) is 11.8. The zero-order chi connectivity index (χ0) is 14.7. The maximum Gasteiger partial charge on any atom is 0.250 e. The average Bonchev–Trinajstić information content (AvgIpc) is 2.98. The SMILES string of the molecule is CC1(OCC(=O)Nc2ccc(-c3ccn[nH]3)cc2)CNC1. The molecule has 1 aromatic heterocycles. The smallest absolute Gasteiger partial charge is 0.250 e. The topological polar surface area (TPSA) is 79.0 Å². The van der Waals surface area contributed by atoms with E-state index in [1.165, 1.54) is 0 Å². The van der Waals surface area contributed by atoms with Crippen LogP contribution in [0.5, 0.6) is 0 Å². The monoisotopic (exact) mass is 286 g/mol. The second-order valence-electron chi connectivity index (χ2n) is 5.44. The molecule has 6 nitrogen and oxygen atoms in total. The van der Waals surface area contributed by atoms with Crippen LogP contribution in [0.1, 0.15) is 6.92 Å². The first-order valence-electron chi connectivity index (χ1n) is 6.89. The largest absolute Gasteiger partial charge is 0.363 e. The molecule has 0 unspecified atom stereocenters. The van der Waals surface area contributed by atoms with Gasteiger partial charge in [-0.25, -0.2) is 0 Å². The van der Waals surface area contributed by atoms with E-state index in [0.29, 0.717) is 0 Å². The van der Waals surface area contributed by atoms with Gasteiger partial charge in [-0.1, -0.05) is 12.1 Å².